The number of methoxy groups -OCH3 is 1. The lowest BCUT2D eigenvalue weighted by atomic mass is 10.2. The Morgan fingerprint density at radius 2 is 1.90 bits per heavy atom. The molecule has 2 aliphatic rings. The molecular formula is C15H23N3O2S. The van der Waals surface area contributed by atoms with Crippen molar-refractivity contribution in [3.63, 3.8) is 0 Å². The summed E-state index contributed by atoms with van der Waals surface area (Å²) in [5.41, 5.74) is 0.778. The molecule has 0 N–H and O–H groups in total. The minimum atomic E-state index is -0.277. The van der Waals surface area contributed by atoms with Crippen molar-refractivity contribution in [1.29, 1.82) is 0 Å². The van der Waals surface area contributed by atoms with E-state index in [0.717, 1.165) is 43.0 Å². The van der Waals surface area contributed by atoms with Crippen molar-refractivity contribution in [2.24, 2.45) is 0 Å². The molecule has 0 bridgehead atoms. The summed E-state index contributed by atoms with van der Waals surface area (Å²) < 4.78 is 4.81. The highest BCUT2D eigenvalue weighted by Crippen LogP contribution is 2.29. The topological polar surface area (TPSA) is 45.7 Å². The first-order chi connectivity index (χ1) is 10.2. The fourth-order valence-corrected chi connectivity index (χ4v) is 4.38. The van der Waals surface area contributed by atoms with Gasteiger partial charge in [0, 0.05) is 32.2 Å². The normalized spacial score (nSPS) is 21.0. The van der Waals surface area contributed by atoms with E-state index in [1.54, 1.807) is 0 Å². The van der Waals surface area contributed by atoms with Gasteiger partial charge in [0.1, 0.15) is 4.88 Å². The maximum Gasteiger partial charge on any atom is 0.350 e. The Hall–Kier alpha value is -1.14. The molecule has 0 spiro atoms. The number of hydrogen-bond acceptors (Lipinski definition) is 6. The van der Waals surface area contributed by atoms with Crippen LogP contribution in [0.2, 0.25) is 0 Å². The van der Waals surface area contributed by atoms with Crippen LogP contribution in [0.3, 0.4) is 0 Å². The Balaban J connectivity index is 1.62. The van der Waals surface area contributed by atoms with Crippen molar-refractivity contribution in [2.75, 3.05) is 38.2 Å². The molecule has 21 heavy (non-hydrogen) atoms. The molecule has 1 aliphatic heterocycles. The molecule has 116 valence electrons. The van der Waals surface area contributed by atoms with Gasteiger partial charge >= 0.3 is 5.97 Å². The molecule has 1 saturated carbocycles. The second-order valence-corrected chi connectivity index (χ2v) is 6.84. The Morgan fingerprint density at radius 3 is 2.52 bits per heavy atom. The molecule has 1 aliphatic carbocycles. The summed E-state index contributed by atoms with van der Waals surface area (Å²) in [4.78, 5) is 21.8. The molecule has 6 heteroatoms. The summed E-state index contributed by atoms with van der Waals surface area (Å²) in [5.74, 6) is -0.277. The van der Waals surface area contributed by atoms with Crippen LogP contribution < -0.4 is 4.90 Å². The van der Waals surface area contributed by atoms with E-state index < -0.39 is 0 Å². The number of ether oxygens (including phenoxy) is 1. The van der Waals surface area contributed by atoms with Crippen molar-refractivity contribution in [3.05, 3.63) is 10.6 Å². The Morgan fingerprint density at radius 1 is 1.24 bits per heavy atom. The number of rotatable bonds is 3. The number of aromatic nitrogens is 1. The second-order valence-electron chi connectivity index (χ2n) is 5.86. The molecule has 1 aromatic heterocycles. The van der Waals surface area contributed by atoms with Gasteiger partial charge in [-0.25, -0.2) is 9.78 Å². The third-order valence-electron chi connectivity index (χ3n) is 4.58. The molecule has 2 heterocycles. The van der Waals surface area contributed by atoms with Gasteiger partial charge in [0.25, 0.3) is 0 Å². The van der Waals surface area contributed by atoms with E-state index in [-0.39, 0.29) is 5.97 Å². The number of carbonyl (C=O) groups is 1. The molecule has 0 unspecified atom stereocenters. The number of anilines is 1. The van der Waals surface area contributed by atoms with E-state index in [2.05, 4.69) is 14.8 Å². The maximum atomic E-state index is 11.7. The van der Waals surface area contributed by atoms with Crippen LogP contribution in [0.1, 0.15) is 41.0 Å². The molecule has 5 nitrogen and oxygen atoms in total. The zero-order chi connectivity index (χ0) is 14.8. The summed E-state index contributed by atoms with van der Waals surface area (Å²) >= 11 is 1.45. The van der Waals surface area contributed by atoms with Gasteiger partial charge in [-0.05, 0) is 19.8 Å². The van der Waals surface area contributed by atoms with Crippen LogP contribution in [0.5, 0.6) is 0 Å². The highest BCUT2D eigenvalue weighted by molar-refractivity contribution is 7.17. The van der Waals surface area contributed by atoms with Crippen molar-refractivity contribution in [1.82, 2.24) is 9.88 Å². The van der Waals surface area contributed by atoms with E-state index in [1.165, 1.54) is 44.1 Å². The fraction of sp³-hybridized carbons (Fsp3) is 0.733. The lowest BCUT2D eigenvalue weighted by Crippen LogP contribution is -2.49. The minimum absolute atomic E-state index is 0.277. The summed E-state index contributed by atoms with van der Waals surface area (Å²) in [5, 5.41) is 0.957. The molecule has 2 fully saturated rings. The van der Waals surface area contributed by atoms with Crippen LogP contribution in [0.25, 0.3) is 0 Å². The summed E-state index contributed by atoms with van der Waals surface area (Å²) in [6.07, 6.45) is 5.50. The van der Waals surface area contributed by atoms with E-state index in [1.807, 2.05) is 6.92 Å². The highest BCUT2D eigenvalue weighted by Gasteiger charge is 2.28. The Kier molecular flexibility index (Phi) is 4.45. The largest absolute Gasteiger partial charge is 0.465 e. The minimum Gasteiger partial charge on any atom is -0.465 e. The van der Waals surface area contributed by atoms with Crippen LogP contribution >= 0.6 is 11.3 Å². The predicted molar refractivity (Wildman–Crippen MR) is 84.2 cm³/mol. The predicted octanol–water partition coefficient (Wildman–Crippen LogP) is 2.30. The molecule has 3 rings (SSSR count). The summed E-state index contributed by atoms with van der Waals surface area (Å²) in [6, 6.07) is 0.802. The van der Waals surface area contributed by atoms with Crippen molar-refractivity contribution >= 4 is 22.4 Å². The van der Waals surface area contributed by atoms with Crippen LogP contribution in [-0.4, -0.2) is 55.2 Å². The van der Waals surface area contributed by atoms with Gasteiger partial charge in [0.2, 0.25) is 0 Å². The number of carbonyl (C=O) groups excluding carboxylic acids is 1. The highest BCUT2D eigenvalue weighted by atomic mass is 32.1. The monoisotopic (exact) mass is 309 g/mol. The maximum absolute atomic E-state index is 11.7. The van der Waals surface area contributed by atoms with Crippen LogP contribution in [-0.2, 0) is 4.74 Å². The van der Waals surface area contributed by atoms with Crippen molar-refractivity contribution < 1.29 is 9.53 Å². The Labute approximate surface area is 129 Å². The fourth-order valence-electron chi connectivity index (χ4n) is 3.35. The van der Waals surface area contributed by atoms with E-state index in [0.29, 0.717) is 4.88 Å². The third kappa shape index (κ3) is 3.06. The van der Waals surface area contributed by atoms with Gasteiger partial charge in [0.15, 0.2) is 5.13 Å². The van der Waals surface area contributed by atoms with E-state index in [9.17, 15) is 4.79 Å². The van der Waals surface area contributed by atoms with Gasteiger partial charge < -0.3 is 9.64 Å². The number of esters is 1. The quantitative estimate of drug-likeness (QED) is 0.802. The Bertz CT molecular complexity index is 503. The first kappa shape index (κ1) is 14.8. The number of nitrogens with zero attached hydrogens (tertiary/aromatic N) is 3. The smallest absolute Gasteiger partial charge is 0.350 e. The molecule has 0 amide bonds. The standard InChI is InChI=1S/C15H23N3O2S/c1-11-13(14(19)20-2)21-15(16-11)18-9-7-17(8-10-18)12-5-3-4-6-12/h12H,3-10H2,1-2H3. The SMILES string of the molecule is COC(=O)c1sc(N2CCN(C3CCCC3)CC2)nc1C. The van der Waals surface area contributed by atoms with Gasteiger partial charge in [-0.15, -0.1) is 0 Å². The number of aryl methyl sites for hydroxylation is 1. The van der Waals surface area contributed by atoms with Gasteiger partial charge in [-0.3, -0.25) is 4.90 Å². The first-order valence-corrected chi connectivity index (χ1v) is 8.55. The number of hydrogen-bond donors (Lipinski definition) is 0. The summed E-state index contributed by atoms with van der Waals surface area (Å²) in [7, 11) is 1.42. The van der Waals surface area contributed by atoms with Gasteiger partial charge in [-0.1, -0.05) is 24.2 Å². The van der Waals surface area contributed by atoms with Gasteiger partial charge in [-0.2, -0.15) is 0 Å². The lowest BCUT2D eigenvalue weighted by molar-refractivity contribution is 0.0605. The van der Waals surface area contributed by atoms with Crippen molar-refractivity contribution in [2.45, 2.75) is 38.6 Å². The first-order valence-electron chi connectivity index (χ1n) is 7.74. The van der Waals surface area contributed by atoms with Crippen LogP contribution in [0.15, 0.2) is 0 Å². The molecule has 0 aromatic carbocycles. The average Bonchev–Trinajstić information content (AvgIpc) is 3.16. The van der Waals surface area contributed by atoms with Crippen LogP contribution in [0.4, 0.5) is 5.13 Å². The third-order valence-corrected chi connectivity index (χ3v) is 5.78. The molecule has 1 saturated heterocycles. The molecular weight excluding hydrogens is 286 g/mol. The molecule has 0 atom stereocenters. The zero-order valence-electron chi connectivity index (χ0n) is 12.8. The van der Waals surface area contributed by atoms with Crippen molar-refractivity contribution in [3.8, 4) is 0 Å². The summed E-state index contributed by atoms with van der Waals surface area (Å²) in [6.45, 7) is 6.10. The average molecular weight is 309 g/mol. The van der Waals surface area contributed by atoms with E-state index >= 15 is 0 Å². The second kappa shape index (κ2) is 6.32. The number of thiazole rings is 1. The van der Waals surface area contributed by atoms with Crippen LogP contribution in [0, 0.1) is 6.92 Å². The van der Waals surface area contributed by atoms with E-state index in [4.69, 9.17) is 4.74 Å². The zero-order valence-corrected chi connectivity index (χ0v) is 13.6. The lowest BCUT2D eigenvalue weighted by Gasteiger charge is -2.37. The molecule has 1 aromatic rings. The number of piperazine rings is 1. The molecule has 0 radical (unpaired) electrons. The van der Waals surface area contributed by atoms with Gasteiger partial charge in [0.05, 0.1) is 12.8 Å².